The Morgan fingerprint density at radius 2 is 2.00 bits per heavy atom. The minimum atomic E-state index is -0.504. The van der Waals surface area contributed by atoms with Crippen LogP contribution >= 0.6 is 11.6 Å². The fraction of sp³-hybridized carbons (Fsp3) is 0.500. The van der Waals surface area contributed by atoms with Crippen LogP contribution in [0.1, 0.15) is 20.8 Å². The summed E-state index contributed by atoms with van der Waals surface area (Å²) in [7, 11) is 0. The quantitative estimate of drug-likeness (QED) is 0.468. The van der Waals surface area contributed by atoms with Crippen molar-refractivity contribution in [2.24, 2.45) is 0 Å². The van der Waals surface area contributed by atoms with Gasteiger partial charge in [0.2, 0.25) is 0 Å². The van der Waals surface area contributed by atoms with Gasteiger partial charge in [0.15, 0.2) is 5.75 Å². The van der Waals surface area contributed by atoms with Crippen molar-refractivity contribution in [3.8, 4) is 5.75 Å². The second-order valence-corrected chi connectivity index (χ2v) is 5.11. The monoisotopic (exact) mass is 273 g/mol. The predicted molar refractivity (Wildman–Crippen MR) is 69.3 cm³/mol. The highest BCUT2D eigenvalue weighted by atomic mass is 35.5. The molecule has 0 bridgehead atoms. The van der Waals surface area contributed by atoms with Crippen LogP contribution in [0, 0.1) is 10.1 Å². The summed E-state index contributed by atoms with van der Waals surface area (Å²) in [6.07, 6.45) is 0. The minimum absolute atomic E-state index is 0.102. The van der Waals surface area contributed by atoms with Gasteiger partial charge in [-0.25, -0.2) is 0 Å². The Kier molecular flexibility index (Phi) is 4.93. The summed E-state index contributed by atoms with van der Waals surface area (Å²) in [5.41, 5.74) is -0.362. The van der Waals surface area contributed by atoms with Crippen LogP contribution < -0.4 is 4.74 Å². The summed E-state index contributed by atoms with van der Waals surface area (Å²) in [5.74, 6) is 0.157. The van der Waals surface area contributed by atoms with E-state index in [0.29, 0.717) is 11.6 Å². The van der Waals surface area contributed by atoms with Crippen molar-refractivity contribution >= 4 is 17.3 Å². The number of nitro benzene ring substituents is 1. The van der Waals surface area contributed by atoms with E-state index in [0.717, 1.165) is 0 Å². The maximum atomic E-state index is 10.8. The van der Waals surface area contributed by atoms with Crippen LogP contribution in [-0.4, -0.2) is 23.7 Å². The van der Waals surface area contributed by atoms with E-state index < -0.39 is 4.92 Å². The van der Waals surface area contributed by atoms with E-state index in [1.54, 1.807) is 0 Å². The Morgan fingerprint density at radius 1 is 1.33 bits per heavy atom. The zero-order valence-corrected chi connectivity index (χ0v) is 11.4. The molecule has 0 aliphatic carbocycles. The molecule has 6 heteroatoms. The van der Waals surface area contributed by atoms with Crippen LogP contribution in [0.5, 0.6) is 5.75 Å². The summed E-state index contributed by atoms with van der Waals surface area (Å²) in [6, 6.07) is 4.21. The molecule has 0 heterocycles. The van der Waals surface area contributed by atoms with Gasteiger partial charge in [-0.05, 0) is 26.8 Å². The topological polar surface area (TPSA) is 61.6 Å². The van der Waals surface area contributed by atoms with E-state index in [4.69, 9.17) is 21.1 Å². The molecular formula is C12H16ClNO4. The largest absolute Gasteiger partial charge is 0.484 e. The molecule has 1 aromatic carbocycles. The molecule has 0 N–H and O–H groups in total. The number of benzene rings is 1. The van der Waals surface area contributed by atoms with Crippen LogP contribution in [-0.2, 0) is 4.74 Å². The number of hydrogen-bond acceptors (Lipinski definition) is 4. The highest BCUT2D eigenvalue weighted by molar-refractivity contribution is 6.30. The lowest BCUT2D eigenvalue weighted by molar-refractivity contribution is -0.385. The molecule has 1 rings (SSSR count). The molecule has 0 amide bonds. The van der Waals surface area contributed by atoms with Crippen molar-refractivity contribution in [2.75, 3.05) is 13.2 Å². The zero-order valence-electron chi connectivity index (χ0n) is 10.6. The van der Waals surface area contributed by atoms with Gasteiger partial charge in [0.05, 0.1) is 17.1 Å². The van der Waals surface area contributed by atoms with E-state index in [-0.39, 0.29) is 23.6 Å². The lowest BCUT2D eigenvalue weighted by Gasteiger charge is -2.19. The summed E-state index contributed by atoms with van der Waals surface area (Å²) in [6.45, 7) is 6.37. The van der Waals surface area contributed by atoms with Crippen molar-refractivity contribution in [3.05, 3.63) is 33.3 Å². The Morgan fingerprint density at radius 3 is 2.56 bits per heavy atom. The van der Waals surface area contributed by atoms with Crippen molar-refractivity contribution in [1.82, 2.24) is 0 Å². The second kappa shape index (κ2) is 6.02. The Labute approximate surface area is 111 Å². The molecule has 5 nitrogen and oxygen atoms in total. The average Bonchev–Trinajstić information content (AvgIpc) is 2.22. The molecule has 0 aliphatic rings. The summed E-state index contributed by atoms with van der Waals surface area (Å²) in [4.78, 5) is 10.3. The standard InChI is InChI=1S/C12H16ClNO4/c1-12(2,3)18-7-6-17-11-8-9(13)4-5-10(11)14(15)16/h4-5,8H,6-7H2,1-3H3. The van der Waals surface area contributed by atoms with Gasteiger partial charge in [-0.2, -0.15) is 0 Å². The first-order valence-corrected chi connectivity index (χ1v) is 5.88. The van der Waals surface area contributed by atoms with E-state index in [1.165, 1.54) is 18.2 Å². The third-order valence-corrected chi connectivity index (χ3v) is 2.23. The zero-order chi connectivity index (χ0) is 13.8. The first-order chi connectivity index (χ1) is 8.29. The van der Waals surface area contributed by atoms with E-state index in [9.17, 15) is 10.1 Å². The van der Waals surface area contributed by atoms with Crippen LogP contribution in [0.4, 0.5) is 5.69 Å². The first kappa shape index (κ1) is 14.7. The van der Waals surface area contributed by atoms with Gasteiger partial charge < -0.3 is 9.47 Å². The van der Waals surface area contributed by atoms with Crippen molar-refractivity contribution < 1.29 is 14.4 Å². The molecule has 0 fully saturated rings. The van der Waals surface area contributed by atoms with Gasteiger partial charge in [0, 0.05) is 17.2 Å². The summed E-state index contributed by atoms with van der Waals surface area (Å²) >= 11 is 5.77. The third-order valence-electron chi connectivity index (χ3n) is 1.99. The number of nitrogens with zero attached hydrogens (tertiary/aromatic N) is 1. The number of hydrogen-bond donors (Lipinski definition) is 0. The summed E-state index contributed by atoms with van der Waals surface area (Å²) in [5, 5.41) is 11.2. The molecule has 0 unspecified atom stereocenters. The molecule has 0 aliphatic heterocycles. The van der Waals surface area contributed by atoms with Gasteiger partial charge in [-0.1, -0.05) is 11.6 Å². The minimum Gasteiger partial charge on any atom is -0.484 e. The molecule has 0 radical (unpaired) electrons. The Bertz CT molecular complexity index is 429. The summed E-state index contributed by atoms with van der Waals surface area (Å²) < 4.78 is 10.8. The van der Waals surface area contributed by atoms with Crippen molar-refractivity contribution in [1.29, 1.82) is 0 Å². The van der Waals surface area contributed by atoms with Crippen LogP contribution in [0.2, 0.25) is 5.02 Å². The molecule has 0 spiro atoms. The van der Waals surface area contributed by atoms with Crippen LogP contribution in [0.15, 0.2) is 18.2 Å². The smallest absolute Gasteiger partial charge is 0.311 e. The van der Waals surface area contributed by atoms with Gasteiger partial charge in [0.25, 0.3) is 0 Å². The third kappa shape index (κ3) is 4.89. The van der Waals surface area contributed by atoms with E-state index in [2.05, 4.69) is 0 Å². The number of ether oxygens (including phenoxy) is 2. The van der Waals surface area contributed by atoms with Crippen LogP contribution in [0.25, 0.3) is 0 Å². The lowest BCUT2D eigenvalue weighted by atomic mass is 10.2. The van der Waals surface area contributed by atoms with Crippen LogP contribution in [0.3, 0.4) is 0 Å². The molecule has 0 aromatic heterocycles. The molecule has 0 saturated heterocycles. The van der Waals surface area contributed by atoms with Crippen molar-refractivity contribution in [2.45, 2.75) is 26.4 Å². The molecule has 1 aromatic rings. The second-order valence-electron chi connectivity index (χ2n) is 4.68. The fourth-order valence-corrected chi connectivity index (χ4v) is 1.42. The number of halogens is 1. The number of nitro groups is 1. The average molecular weight is 274 g/mol. The van der Waals surface area contributed by atoms with E-state index >= 15 is 0 Å². The predicted octanol–water partition coefficient (Wildman–Crippen LogP) is 3.44. The Hall–Kier alpha value is -1.33. The number of rotatable bonds is 5. The van der Waals surface area contributed by atoms with Crippen molar-refractivity contribution in [3.63, 3.8) is 0 Å². The fourth-order valence-electron chi connectivity index (χ4n) is 1.25. The van der Waals surface area contributed by atoms with Gasteiger partial charge in [-0.15, -0.1) is 0 Å². The molecule has 18 heavy (non-hydrogen) atoms. The molecular weight excluding hydrogens is 258 g/mol. The maximum Gasteiger partial charge on any atom is 0.311 e. The Balaban J connectivity index is 2.61. The highest BCUT2D eigenvalue weighted by Gasteiger charge is 2.16. The normalized spacial score (nSPS) is 11.3. The highest BCUT2D eigenvalue weighted by Crippen LogP contribution is 2.29. The SMILES string of the molecule is CC(C)(C)OCCOc1cc(Cl)ccc1[N+](=O)[O-]. The van der Waals surface area contributed by atoms with Gasteiger partial charge >= 0.3 is 5.69 Å². The molecule has 0 saturated carbocycles. The van der Waals surface area contributed by atoms with Gasteiger partial charge in [-0.3, -0.25) is 10.1 Å². The van der Waals surface area contributed by atoms with Gasteiger partial charge in [0.1, 0.15) is 6.61 Å². The maximum absolute atomic E-state index is 10.8. The first-order valence-electron chi connectivity index (χ1n) is 5.50. The van der Waals surface area contributed by atoms with E-state index in [1.807, 2.05) is 20.8 Å². The lowest BCUT2D eigenvalue weighted by Crippen LogP contribution is -2.22. The molecule has 100 valence electrons. The molecule has 0 atom stereocenters.